The van der Waals surface area contributed by atoms with E-state index in [2.05, 4.69) is 0 Å². The first-order chi connectivity index (χ1) is 8.69. The van der Waals surface area contributed by atoms with Crippen LogP contribution in [-0.4, -0.2) is 22.6 Å². The molecule has 0 heterocycles. The number of carboxylic acids is 1. The number of hydrogen-bond donors (Lipinski definition) is 1. The third-order valence-corrected chi connectivity index (χ3v) is 2.35. The van der Waals surface area contributed by atoms with Crippen molar-refractivity contribution < 1.29 is 19.4 Å². The summed E-state index contributed by atoms with van der Waals surface area (Å²) in [5, 5.41) is 8.95. The zero-order chi connectivity index (χ0) is 14.6. The van der Waals surface area contributed by atoms with E-state index < -0.39 is 17.5 Å². The molecule has 0 saturated heterocycles. The largest absolute Gasteiger partial charge is 0.478 e. The highest BCUT2D eigenvalue weighted by atomic mass is 35.5. The Morgan fingerprint density at radius 3 is 2.42 bits per heavy atom. The Kier molecular flexibility index (Phi) is 4.72. The number of rotatable bonds is 3. The van der Waals surface area contributed by atoms with Crippen LogP contribution in [-0.2, 0) is 9.53 Å². The number of hydrogen-bond acceptors (Lipinski definition) is 3. The fraction of sp³-hybridized carbons (Fsp3) is 0.286. The van der Waals surface area contributed by atoms with Crippen molar-refractivity contribution in [3.05, 3.63) is 40.4 Å². The first-order valence-corrected chi connectivity index (χ1v) is 6.01. The van der Waals surface area contributed by atoms with Crippen LogP contribution in [0, 0.1) is 0 Å². The topological polar surface area (TPSA) is 63.6 Å². The summed E-state index contributed by atoms with van der Waals surface area (Å²) < 4.78 is 5.10. The van der Waals surface area contributed by atoms with E-state index in [1.165, 1.54) is 24.3 Å². The monoisotopic (exact) mass is 282 g/mol. The van der Waals surface area contributed by atoms with Gasteiger partial charge in [0.25, 0.3) is 0 Å². The Morgan fingerprint density at radius 2 is 1.95 bits per heavy atom. The van der Waals surface area contributed by atoms with Crippen molar-refractivity contribution >= 4 is 29.6 Å². The third kappa shape index (κ3) is 5.14. The number of carbonyl (C=O) groups excluding carboxylic acids is 1. The lowest BCUT2D eigenvalue weighted by atomic mass is 10.1. The highest BCUT2D eigenvalue weighted by molar-refractivity contribution is 6.33. The molecular weight excluding hydrogens is 268 g/mol. The van der Waals surface area contributed by atoms with Gasteiger partial charge in [0, 0.05) is 6.08 Å². The second kappa shape index (κ2) is 5.89. The summed E-state index contributed by atoms with van der Waals surface area (Å²) in [4.78, 5) is 22.2. The molecule has 0 spiro atoms. The van der Waals surface area contributed by atoms with Gasteiger partial charge in [-0.3, -0.25) is 0 Å². The zero-order valence-electron chi connectivity index (χ0n) is 10.9. The van der Waals surface area contributed by atoms with E-state index in [0.717, 1.165) is 0 Å². The van der Waals surface area contributed by atoms with Gasteiger partial charge < -0.3 is 9.84 Å². The number of benzene rings is 1. The second-order valence-corrected chi connectivity index (χ2v) is 5.32. The molecule has 0 unspecified atom stereocenters. The van der Waals surface area contributed by atoms with Gasteiger partial charge >= 0.3 is 11.9 Å². The predicted octanol–water partition coefficient (Wildman–Crippen LogP) is 3.39. The molecule has 1 N–H and O–H groups in total. The quantitative estimate of drug-likeness (QED) is 0.682. The lowest BCUT2D eigenvalue weighted by Crippen LogP contribution is -2.22. The first kappa shape index (κ1) is 15.2. The maximum atomic E-state index is 11.5. The maximum absolute atomic E-state index is 11.5. The van der Waals surface area contributed by atoms with Crippen molar-refractivity contribution in [1.82, 2.24) is 0 Å². The van der Waals surface area contributed by atoms with E-state index in [4.69, 9.17) is 21.4 Å². The molecule has 0 bridgehead atoms. The minimum absolute atomic E-state index is 0.0242. The molecule has 19 heavy (non-hydrogen) atoms. The summed E-state index contributed by atoms with van der Waals surface area (Å²) in [5.41, 5.74) is 0.101. The van der Waals surface area contributed by atoms with Gasteiger partial charge in [-0.05, 0) is 44.5 Å². The zero-order valence-corrected chi connectivity index (χ0v) is 11.7. The van der Waals surface area contributed by atoms with Crippen LogP contribution in [0.3, 0.4) is 0 Å². The summed E-state index contributed by atoms with van der Waals surface area (Å²) >= 11 is 5.82. The molecule has 0 aliphatic rings. The normalized spacial score (nSPS) is 11.6. The van der Waals surface area contributed by atoms with E-state index in [0.29, 0.717) is 5.56 Å². The van der Waals surface area contributed by atoms with Crippen molar-refractivity contribution in [3.63, 3.8) is 0 Å². The van der Waals surface area contributed by atoms with Gasteiger partial charge in [-0.1, -0.05) is 17.7 Å². The van der Waals surface area contributed by atoms with Crippen LogP contribution in [0.15, 0.2) is 24.3 Å². The average Bonchev–Trinajstić information content (AvgIpc) is 2.23. The SMILES string of the molecule is CC(C)(C)OC(=O)C=Cc1ccc(C(=O)O)c(Cl)c1. The minimum atomic E-state index is -1.09. The Bertz CT molecular complexity index is 527. The fourth-order valence-electron chi connectivity index (χ4n) is 1.31. The van der Waals surface area contributed by atoms with Crippen LogP contribution in [0.5, 0.6) is 0 Å². The van der Waals surface area contributed by atoms with E-state index in [9.17, 15) is 9.59 Å². The standard InChI is InChI=1S/C14H15ClO4/c1-14(2,3)19-12(16)7-5-9-4-6-10(13(17)18)11(15)8-9/h4-8H,1-3H3,(H,17,18). The summed E-state index contributed by atoms with van der Waals surface area (Å²) in [5.74, 6) is -1.56. The van der Waals surface area contributed by atoms with Crippen molar-refractivity contribution in [1.29, 1.82) is 0 Å². The number of carbonyl (C=O) groups is 2. The third-order valence-electron chi connectivity index (χ3n) is 2.04. The number of halogens is 1. The van der Waals surface area contributed by atoms with Crippen LogP contribution in [0.1, 0.15) is 36.7 Å². The Hall–Kier alpha value is -1.81. The van der Waals surface area contributed by atoms with E-state index in [1.807, 2.05) is 0 Å². The predicted molar refractivity (Wildman–Crippen MR) is 73.3 cm³/mol. The van der Waals surface area contributed by atoms with Crippen LogP contribution < -0.4 is 0 Å². The molecule has 0 amide bonds. The molecule has 1 rings (SSSR count). The summed E-state index contributed by atoms with van der Waals surface area (Å²) in [6.45, 7) is 5.33. The van der Waals surface area contributed by atoms with Gasteiger partial charge in [-0.15, -0.1) is 0 Å². The van der Waals surface area contributed by atoms with E-state index >= 15 is 0 Å². The molecule has 0 radical (unpaired) electrons. The van der Waals surface area contributed by atoms with Gasteiger partial charge in [0.05, 0.1) is 10.6 Å². The fourth-order valence-corrected chi connectivity index (χ4v) is 1.58. The summed E-state index contributed by atoms with van der Waals surface area (Å²) in [7, 11) is 0. The molecule has 0 saturated carbocycles. The molecule has 1 aromatic carbocycles. The Balaban J connectivity index is 2.81. The highest BCUT2D eigenvalue weighted by Crippen LogP contribution is 2.19. The number of aromatic carboxylic acids is 1. The van der Waals surface area contributed by atoms with E-state index in [1.54, 1.807) is 26.8 Å². The van der Waals surface area contributed by atoms with E-state index in [-0.39, 0.29) is 10.6 Å². The van der Waals surface area contributed by atoms with Gasteiger partial charge in [0.1, 0.15) is 5.60 Å². The number of carboxylic acid groups (broad SMARTS) is 1. The average molecular weight is 283 g/mol. The molecular formula is C14H15ClO4. The molecule has 0 aromatic heterocycles. The van der Waals surface area contributed by atoms with Crippen LogP contribution >= 0.6 is 11.6 Å². The molecule has 0 aliphatic carbocycles. The molecule has 102 valence electrons. The van der Waals surface area contributed by atoms with Crippen molar-refractivity contribution in [2.45, 2.75) is 26.4 Å². The smallest absolute Gasteiger partial charge is 0.337 e. The Morgan fingerprint density at radius 1 is 1.32 bits per heavy atom. The molecule has 0 aliphatic heterocycles. The summed E-state index contributed by atoms with van der Waals surface area (Å²) in [6.07, 6.45) is 2.79. The van der Waals surface area contributed by atoms with Gasteiger partial charge in [-0.25, -0.2) is 9.59 Å². The Labute approximate surface area is 116 Å². The molecule has 1 aromatic rings. The molecule has 4 nitrogen and oxygen atoms in total. The van der Waals surface area contributed by atoms with Crippen molar-refractivity contribution in [2.24, 2.45) is 0 Å². The van der Waals surface area contributed by atoms with Crippen LogP contribution in [0.25, 0.3) is 6.08 Å². The summed E-state index contributed by atoms with van der Waals surface area (Å²) in [6, 6.07) is 4.43. The second-order valence-electron chi connectivity index (χ2n) is 4.91. The lowest BCUT2D eigenvalue weighted by molar-refractivity contribution is -0.148. The molecule has 5 heteroatoms. The van der Waals surface area contributed by atoms with Crippen LogP contribution in [0.2, 0.25) is 5.02 Å². The van der Waals surface area contributed by atoms with Gasteiger partial charge in [0.15, 0.2) is 0 Å². The lowest BCUT2D eigenvalue weighted by Gasteiger charge is -2.17. The van der Waals surface area contributed by atoms with Crippen molar-refractivity contribution in [3.8, 4) is 0 Å². The first-order valence-electron chi connectivity index (χ1n) is 5.63. The molecule has 0 atom stereocenters. The highest BCUT2D eigenvalue weighted by Gasteiger charge is 2.14. The van der Waals surface area contributed by atoms with Gasteiger partial charge in [-0.2, -0.15) is 0 Å². The van der Waals surface area contributed by atoms with Gasteiger partial charge in [0.2, 0.25) is 0 Å². The van der Waals surface area contributed by atoms with Crippen molar-refractivity contribution in [2.75, 3.05) is 0 Å². The maximum Gasteiger partial charge on any atom is 0.337 e. The number of ether oxygens (including phenoxy) is 1. The van der Waals surface area contributed by atoms with Crippen LogP contribution in [0.4, 0.5) is 0 Å². The minimum Gasteiger partial charge on any atom is -0.478 e. The number of esters is 1. The molecule has 0 fully saturated rings.